The predicted molar refractivity (Wildman–Crippen MR) is 131 cm³/mol. The molecular weight excluding hydrogens is 420 g/mol. The van der Waals surface area contributed by atoms with E-state index in [2.05, 4.69) is 45.0 Å². The summed E-state index contributed by atoms with van der Waals surface area (Å²) >= 11 is 0. The van der Waals surface area contributed by atoms with E-state index in [1.54, 1.807) is 0 Å². The molecule has 0 aliphatic heterocycles. The maximum Gasteiger partial charge on any atom is 0.292 e. The molecule has 0 aromatic heterocycles. The van der Waals surface area contributed by atoms with Gasteiger partial charge in [0.2, 0.25) is 0 Å². The highest BCUT2D eigenvalue weighted by Gasteiger charge is 2.68. The molecule has 4 heteroatoms. The molecule has 4 aliphatic rings. The van der Waals surface area contributed by atoms with Crippen molar-refractivity contribution < 1.29 is 9.47 Å². The van der Waals surface area contributed by atoms with Crippen LogP contribution in [0.1, 0.15) is 81.5 Å². The third-order valence-corrected chi connectivity index (χ3v) is 9.32. The van der Waals surface area contributed by atoms with Gasteiger partial charge >= 0.3 is 0 Å². The van der Waals surface area contributed by atoms with Gasteiger partial charge in [0, 0.05) is 22.0 Å². The van der Waals surface area contributed by atoms with Gasteiger partial charge in [-0.3, -0.25) is 0 Å². The first-order valence-electron chi connectivity index (χ1n) is 12.4. The van der Waals surface area contributed by atoms with Crippen LogP contribution in [0, 0.1) is 53.6 Å². The van der Waals surface area contributed by atoms with Gasteiger partial charge in [0.25, 0.3) is 12.5 Å². The van der Waals surface area contributed by atoms with Crippen molar-refractivity contribution in [3.63, 3.8) is 0 Å². The van der Waals surface area contributed by atoms with Crippen molar-refractivity contribution in [2.45, 2.75) is 84.0 Å². The van der Waals surface area contributed by atoms with Crippen LogP contribution in [0.25, 0.3) is 0 Å². The molecule has 4 aliphatic carbocycles. The topological polar surface area (TPSA) is 66.0 Å². The van der Waals surface area contributed by atoms with Crippen LogP contribution >= 0.6 is 0 Å². The molecule has 34 heavy (non-hydrogen) atoms. The molecule has 0 amide bonds. The Bertz CT molecular complexity index is 1150. The summed E-state index contributed by atoms with van der Waals surface area (Å²) in [6.07, 6.45) is 10.5. The number of hydrogen-bond donors (Lipinski definition) is 0. The fourth-order valence-corrected chi connectivity index (χ4v) is 8.82. The Labute approximate surface area is 203 Å². The van der Waals surface area contributed by atoms with Crippen molar-refractivity contribution in [3.05, 3.63) is 58.7 Å². The SMILES string of the molecule is Cc1ccc(C23CC4(C)CC(c5ccc(C)cc5OC#N)(C2)CC(C(C)C)(C4)C3)c(OC#N)c1. The number of benzene rings is 2. The van der Waals surface area contributed by atoms with Gasteiger partial charge in [-0.15, -0.1) is 10.5 Å². The Hall–Kier alpha value is -2.98. The van der Waals surface area contributed by atoms with Gasteiger partial charge in [-0.1, -0.05) is 45.0 Å². The van der Waals surface area contributed by atoms with Crippen LogP contribution in [0.15, 0.2) is 36.4 Å². The summed E-state index contributed by atoms with van der Waals surface area (Å²) < 4.78 is 11.2. The van der Waals surface area contributed by atoms with Crippen LogP contribution < -0.4 is 9.47 Å². The van der Waals surface area contributed by atoms with Crippen LogP contribution in [-0.2, 0) is 10.8 Å². The normalized spacial score (nSPS) is 33.4. The van der Waals surface area contributed by atoms with E-state index in [4.69, 9.17) is 9.47 Å². The monoisotopic (exact) mass is 454 g/mol. The first-order valence-corrected chi connectivity index (χ1v) is 12.4. The molecule has 2 unspecified atom stereocenters. The highest BCUT2D eigenvalue weighted by atomic mass is 16.5. The summed E-state index contributed by atoms with van der Waals surface area (Å²) in [5, 5.41) is 18.9. The van der Waals surface area contributed by atoms with Crippen molar-refractivity contribution >= 4 is 0 Å². The predicted octanol–water partition coefficient (Wildman–Crippen LogP) is 7.23. The molecule has 2 atom stereocenters. The van der Waals surface area contributed by atoms with E-state index in [0.29, 0.717) is 17.4 Å². The fraction of sp³-hybridized carbons (Fsp3) is 0.533. The lowest BCUT2D eigenvalue weighted by Crippen LogP contribution is -2.64. The van der Waals surface area contributed by atoms with Crippen LogP contribution in [-0.4, -0.2) is 0 Å². The van der Waals surface area contributed by atoms with Crippen molar-refractivity contribution in [3.8, 4) is 24.0 Å². The van der Waals surface area contributed by atoms with Gasteiger partial charge < -0.3 is 9.47 Å². The third-order valence-electron chi connectivity index (χ3n) is 9.32. The zero-order valence-electron chi connectivity index (χ0n) is 21.0. The number of nitrogens with zero attached hydrogens (tertiary/aromatic N) is 2. The molecule has 4 bridgehead atoms. The summed E-state index contributed by atoms with van der Waals surface area (Å²) in [5.74, 6) is 1.95. The lowest BCUT2D eigenvalue weighted by Gasteiger charge is -2.71. The van der Waals surface area contributed by atoms with Gasteiger partial charge in [-0.25, -0.2) is 0 Å². The highest BCUT2D eigenvalue weighted by Crippen LogP contribution is 2.76. The van der Waals surface area contributed by atoms with Crippen molar-refractivity contribution in [1.29, 1.82) is 10.5 Å². The molecule has 4 nitrogen and oxygen atoms in total. The van der Waals surface area contributed by atoms with E-state index < -0.39 is 0 Å². The maximum atomic E-state index is 9.44. The van der Waals surface area contributed by atoms with Crippen molar-refractivity contribution in [2.75, 3.05) is 0 Å². The lowest BCUT2D eigenvalue weighted by atomic mass is 9.32. The summed E-state index contributed by atoms with van der Waals surface area (Å²) in [7, 11) is 0. The van der Waals surface area contributed by atoms with Gasteiger partial charge in [0.15, 0.2) is 0 Å². The first kappa shape index (κ1) is 22.8. The zero-order valence-corrected chi connectivity index (χ0v) is 21.0. The molecule has 0 N–H and O–H groups in total. The molecule has 0 radical (unpaired) electrons. The van der Waals surface area contributed by atoms with Gasteiger partial charge in [-0.05, 0) is 92.4 Å². The Balaban J connectivity index is 1.76. The number of aryl methyl sites for hydroxylation is 2. The average molecular weight is 455 g/mol. The summed E-state index contributed by atoms with van der Waals surface area (Å²) in [6.45, 7) is 11.3. The standard InChI is InChI=1S/C30H34N2O2/c1-20(2)28-12-27(5)13-29(15-28,23-8-6-21(3)10-25(23)33-18-31)17-30(14-27,16-28)24-9-7-22(4)11-26(24)34-19-32/h6-11,20H,12-17H2,1-5H3. The zero-order chi connectivity index (χ0) is 24.4. The maximum absolute atomic E-state index is 9.44. The fourth-order valence-electron chi connectivity index (χ4n) is 8.82. The summed E-state index contributed by atoms with van der Waals surface area (Å²) in [4.78, 5) is 0. The van der Waals surface area contributed by atoms with Gasteiger partial charge in [0.1, 0.15) is 11.5 Å². The molecule has 6 rings (SSSR count). The molecule has 2 aromatic rings. The Morgan fingerprint density at radius 2 is 1.21 bits per heavy atom. The first-order chi connectivity index (χ1) is 16.1. The van der Waals surface area contributed by atoms with E-state index in [-0.39, 0.29) is 21.7 Å². The molecule has 4 fully saturated rings. The largest absolute Gasteiger partial charge is 0.388 e. The van der Waals surface area contributed by atoms with Crippen molar-refractivity contribution in [1.82, 2.24) is 0 Å². The minimum atomic E-state index is -0.0809. The van der Waals surface area contributed by atoms with Crippen LogP contribution in [0.3, 0.4) is 0 Å². The molecule has 0 spiro atoms. The second-order valence-corrected chi connectivity index (χ2v) is 12.3. The smallest absolute Gasteiger partial charge is 0.292 e. The molecule has 4 saturated carbocycles. The van der Waals surface area contributed by atoms with E-state index in [0.717, 1.165) is 43.2 Å². The Morgan fingerprint density at radius 1 is 0.735 bits per heavy atom. The van der Waals surface area contributed by atoms with Crippen LogP contribution in [0.4, 0.5) is 0 Å². The minimum Gasteiger partial charge on any atom is -0.388 e. The van der Waals surface area contributed by atoms with Gasteiger partial charge in [0.05, 0.1) is 0 Å². The number of hydrogen-bond acceptors (Lipinski definition) is 4. The van der Waals surface area contributed by atoms with Gasteiger partial charge in [-0.2, -0.15) is 0 Å². The summed E-state index contributed by atoms with van der Waals surface area (Å²) in [6, 6.07) is 12.8. The average Bonchev–Trinajstić information content (AvgIpc) is 2.72. The summed E-state index contributed by atoms with van der Waals surface area (Å²) in [5.41, 5.74) is 4.74. The number of ether oxygens (including phenoxy) is 2. The van der Waals surface area contributed by atoms with E-state index in [1.165, 1.54) is 17.5 Å². The van der Waals surface area contributed by atoms with E-state index >= 15 is 0 Å². The Kier molecular flexibility index (Phi) is 5.04. The quantitative estimate of drug-likeness (QED) is 0.447. The Morgan fingerprint density at radius 3 is 1.62 bits per heavy atom. The van der Waals surface area contributed by atoms with E-state index in [9.17, 15) is 10.5 Å². The molecule has 176 valence electrons. The minimum absolute atomic E-state index is 0.0809. The molecule has 2 aromatic carbocycles. The molecule has 0 saturated heterocycles. The van der Waals surface area contributed by atoms with Crippen molar-refractivity contribution in [2.24, 2.45) is 16.7 Å². The number of nitriles is 2. The lowest BCUT2D eigenvalue weighted by molar-refractivity contribution is -0.153. The number of rotatable bonds is 5. The second-order valence-electron chi connectivity index (χ2n) is 12.3. The van der Waals surface area contributed by atoms with Crippen LogP contribution in [0.2, 0.25) is 0 Å². The molecule has 0 heterocycles. The van der Waals surface area contributed by atoms with Crippen LogP contribution in [0.5, 0.6) is 11.5 Å². The van der Waals surface area contributed by atoms with E-state index in [1.807, 2.05) is 38.5 Å². The molecular formula is C30H34N2O2. The highest BCUT2D eigenvalue weighted by molar-refractivity contribution is 5.51. The third kappa shape index (κ3) is 3.31. The second kappa shape index (κ2) is 7.51.